The third kappa shape index (κ3) is 2.65. The van der Waals surface area contributed by atoms with E-state index in [1.807, 2.05) is 31.4 Å². The fourth-order valence-corrected chi connectivity index (χ4v) is 2.99. The van der Waals surface area contributed by atoms with E-state index in [0.29, 0.717) is 16.2 Å². The molecule has 3 heterocycles. The van der Waals surface area contributed by atoms with Crippen LogP contribution in [0.5, 0.6) is 0 Å². The molecule has 0 aliphatic rings. The van der Waals surface area contributed by atoms with E-state index in [1.165, 1.54) is 21.8 Å². The van der Waals surface area contributed by atoms with Gasteiger partial charge in [-0.25, -0.2) is 9.78 Å². The van der Waals surface area contributed by atoms with Gasteiger partial charge in [-0.15, -0.1) is 11.3 Å². The molecule has 3 aromatic rings. The smallest absolute Gasteiger partial charge is 0.348 e. The second-order valence-electron chi connectivity index (χ2n) is 4.98. The van der Waals surface area contributed by atoms with Crippen LogP contribution in [0.1, 0.15) is 26.5 Å². The number of pyridine rings is 1. The van der Waals surface area contributed by atoms with Crippen LogP contribution in [0.25, 0.3) is 5.65 Å². The zero-order valence-electron chi connectivity index (χ0n) is 12.2. The average Bonchev–Trinajstić information content (AvgIpc) is 2.92. The molecule has 0 spiro atoms. The largest absolute Gasteiger partial charge is 0.455 e. The van der Waals surface area contributed by atoms with Crippen molar-refractivity contribution >= 4 is 23.0 Å². The lowest BCUT2D eigenvalue weighted by Gasteiger charge is -2.07. The van der Waals surface area contributed by atoms with Crippen LogP contribution in [0.15, 0.2) is 40.6 Å². The van der Waals surface area contributed by atoms with Gasteiger partial charge in [0.2, 0.25) is 0 Å². The van der Waals surface area contributed by atoms with Crippen LogP contribution in [-0.2, 0) is 11.3 Å². The van der Waals surface area contributed by atoms with Crippen LogP contribution in [0.3, 0.4) is 0 Å². The molecule has 0 fully saturated rings. The summed E-state index contributed by atoms with van der Waals surface area (Å²) >= 11 is 1.34. The van der Waals surface area contributed by atoms with Crippen molar-refractivity contribution in [3.05, 3.63) is 67.9 Å². The maximum absolute atomic E-state index is 12.1. The zero-order chi connectivity index (χ0) is 15.7. The second-order valence-corrected chi connectivity index (χ2v) is 5.90. The predicted molar refractivity (Wildman–Crippen MR) is 84.4 cm³/mol. The highest BCUT2D eigenvalue weighted by Crippen LogP contribution is 2.17. The van der Waals surface area contributed by atoms with Crippen molar-refractivity contribution in [3.63, 3.8) is 0 Å². The minimum atomic E-state index is -0.390. The summed E-state index contributed by atoms with van der Waals surface area (Å²) in [5, 5.41) is 1.84. The Labute approximate surface area is 130 Å². The summed E-state index contributed by atoms with van der Waals surface area (Å²) in [6.45, 7) is 3.72. The van der Waals surface area contributed by atoms with E-state index in [4.69, 9.17) is 4.74 Å². The number of hydrogen-bond donors (Lipinski definition) is 0. The zero-order valence-corrected chi connectivity index (χ0v) is 13.0. The molecule has 0 N–H and O–H groups in total. The Kier molecular flexibility index (Phi) is 3.77. The van der Waals surface area contributed by atoms with Gasteiger partial charge in [-0.3, -0.25) is 9.20 Å². The molecule has 22 heavy (non-hydrogen) atoms. The minimum Gasteiger partial charge on any atom is -0.455 e. The first-order valence-corrected chi connectivity index (χ1v) is 7.63. The molecule has 0 aliphatic carbocycles. The number of aromatic nitrogens is 2. The van der Waals surface area contributed by atoms with Gasteiger partial charge in [0.15, 0.2) is 0 Å². The number of ether oxygens (including phenoxy) is 1. The fraction of sp³-hybridized carbons (Fsp3) is 0.188. The van der Waals surface area contributed by atoms with Crippen LogP contribution < -0.4 is 5.56 Å². The highest BCUT2D eigenvalue weighted by atomic mass is 32.1. The van der Waals surface area contributed by atoms with E-state index in [2.05, 4.69) is 4.98 Å². The Morgan fingerprint density at radius 3 is 2.86 bits per heavy atom. The van der Waals surface area contributed by atoms with Crippen LogP contribution in [0, 0.1) is 13.8 Å². The summed E-state index contributed by atoms with van der Waals surface area (Å²) in [5.74, 6) is -0.390. The molecule has 0 amide bonds. The van der Waals surface area contributed by atoms with Crippen LogP contribution >= 0.6 is 11.3 Å². The van der Waals surface area contributed by atoms with Crippen molar-refractivity contribution in [2.45, 2.75) is 20.5 Å². The highest BCUT2D eigenvalue weighted by Gasteiger charge is 2.13. The van der Waals surface area contributed by atoms with Gasteiger partial charge in [-0.1, -0.05) is 6.07 Å². The maximum Gasteiger partial charge on any atom is 0.348 e. The van der Waals surface area contributed by atoms with Gasteiger partial charge >= 0.3 is 5.97 Å². The highest BCUT2D eigenvalue weighted by molar-refractivity contribution is 7.12. The Morgan fingerprint density at radius 2 is 2.14 bits per heavy atom. The quantitative estimate of drug-likeness (QED) is 0.697. The van der Waals surface area contributed by atoms with E-state index in [-0.39, 0.29) is 18.1 Å². The van der Waals surface area contributed by atoms with E-state index >= 15 is 0 Å². The molecule has 0 aliphatic heterocycles. The first-order valence-electron chi connectivity index (χ1n) is 6.75. The number of hydrogen-bond acceptors (Lipinski definition) is 5. The molecule has 0 aromatic carbocycles. The van der Waals surface area contributed by atoms with Gasteiger partial charge in [-0.05, 0) is 42.5 Å². The Hall–Kier alpha value is -2.47. The lowest BCUT2D eigenvalue weighted by Crippen LogP contribution is -2.17. The number of aryl methyl sites for hydroxylation is 2. The number of esters is 1. The van der Waals surface area contributed by atoms with E-state index in [0.717, 1.165) is 11.1 Å². The number of rotatable bonds is 3. The molecule has 3 rings (SSSR count). The summed E-state index contributed by atoms with van der Waals surface area (Å²) in [6.07, 6.45) is 1.67. The first-order chi connectivity index (χ1) is 10.6. The van der Waals surface area contributed by atoms with Crippen molar-refractivity contribution in [1.82, 2.24) is 9.38 Å². The van der Waals surface area contributed by atoms with E-state index < -0.39 is 0 Å². The van der Waals surface area contributed by atoms with Gasteiger partial charge in [0.25, 0.3) is 5.56 Å². The fourth-order valence-electron chi connectivity index (χ4n) is 2.17. The Balaban J connectivity index is 1.86. The van der Waals surface area contributed by atoms with Crippen molar-refractivity contribution in [3.8, 4) is 0 Å². The molecular formula is C16H14N2O3S. The molecule has 5 nitrogen and oxygen atoms in total. The number of thiophene rings is 1. The standard InChI is InChI=1S/C16H14N2O3S/c1-10-5-7-22-14(10)16(20)21-9-12-8-13(19)18-6-3-4-11(2)15(18)17-12/h3-8H,9H2,1-2H3. The SMILES string of the molecule is Cc1ccsc1C(=O)OCc1cc(=O)n2cccc(C)c2n1. The molecule has 0 atom stereocenters. The number of nitrogens with zero attached hydrogens (tertiary/aromatic N) is 2. The average molecular weight is 314 g/mol. The maximum atomic E-state index is 12.1. The lowest BCUT2D eigenvalue weighted by molar-refractivity contribution is 0.0473. The topological polar surface area (TPSA) is 60.7 Å². The Bertz CT molecular complexity index is 911. The summed E-state index contributed by atoms with van der Waals surface area (Å²) in [4.78, 5) is 29.0. The molecule has 3 aromatic heterocycles. The normalized spacial score (nSPS) is 10.8. The van der Waals surface area contributed by atoms with Gasteiger partial charge in [-0.2, -0.15) is 0 Å². The van der Waals surface area contributed by atoms with Gasteiger partial charge < -0.3 is 4.74 Å². The number of carbonyl (C=O) groups is 1. The molecule has 0 radical (unpaired) electrons. The minimum absolute atomic E-state index is 0.0176. The van der Waals surface area contributed by atoms with Crippen molar-refractivity contribution in [1.29, 1.82) is 0 Å². The molecule has 0 saturated carbocycles. The molecule has 0 bridgehead atoms. The molecule has 0 unspecified atom stereocenters. The molecule has 6 heteroatoms. The van der Waals surface area contributed by atoms with E-state index in [9.17, 15) is 9.59 Å². The summed E-state index contributed by atoms with van der Waals surface area (Å²) in [6, 6.07) is 6.93. The summed E-state index contributed by atoms with van der Waals surface area (Å²) < 4.78 is 6.73. The summed E-state index contributed by atoms with van der Waals surface area (Å²) in [5.41, 5.74) is 2.61. The van der Waals surface area contributed by atoms with Gasteiger partial charge in [0, 0.05) is 12.3 Å². The molecular weight excluding hydrogens is 300 g/mol. The molecule has 112 valence electrons. The van der Waals surface area contributed by atoms with Crippen molar-refractivity contribution in [2.75, 3.05) is 0 Å². The predicted octanol–water partition coefficient (Wildman–Crippen LogP) is 2.73. The van der Waals surface area contributed by atoms with Crippen molar-refractivity contribution < 1.29 is 9.53 Å². The van der Waals surface area contributed by atoms with Crippen LogP contribution in [0.2, 0.25) is 0 Å². The third-order valence-electron chi connectivity index (χ3n) is 3.34. The lowest BCUT2D eigenvalue weighted by atomic mass is 10.3. The van der Waals surface area contributed by atoms with Crippen LogP contribution in [-0.4, -0.2) is 15.4 Å². The number of carbonyl (C=O) groups excluding carboxylic acids is 1. The monoisotopic (exact) mass is 314 g/mol. The van der Waals surface area contributed by atoms with Crippen LogP contribution in [0.4, 0.5) is 0 Å². The van der Waals surface area contributed by atoms with Crippen molar-refractivity contribution in [2.24, 2.45) is 0 Å². The second kappa shape index (κ2) is 5.73. The summed E-state index contributed by atoms with van der Waals surface area (Å²) in [7, 11) is 0. The Morgan fingerprint density at radius 1 is 1.32 bits per heavy atom. The van der Waals surface area contributed by atoms with E-state index in [1.54, 1.807) is 12.3 Å². The third-order valence-corrected chi connectivity index (χ3v) is 4.33. The molecule has 0 saturated heterocycles. The number of fused-ring (bicyclic) bond motifs is 1. The first kappa shape index (κ1) is 14.5. The van der Waals surface area contributed by atoms with Gasteiger partial charge in [0.05, 0.1) is 5.69 Å². The van der Waals surface area contributed by atoms with Gasteiger partial charge in [0.1, 0.15) is 17.1 Å².